The number of aryl methyl sites for hydroxylation is 1. The summed E-state index contributed by atoms with van der Waals surface area (Å²) in [6.45, 7) is 6.83. The first-order valence-electron chi connectivity index (χ1n) is 14.3. The Morgan fingerprint density at radius 3 is 2.17 bits per heavy atom. The van der Waals surface area contributed by atoms with Gasteiger partial charge in [0.2, 0.25) is 0 Å². The number of benzene rings is 2. The van der Waals surface area contributed by atoms with Gasteiger partial charge in [-0.3, -0.25) is 9.59 Å². The number of aliphatic hydroxyl groups excluding tert-OH is 2. The number of nitrogens with one attached hydrogen (secondary N) is 1. The second-order valence-electron chi connectivity index (χ2n) is 10.7. The lowest BCUT2D eigenvalue weighted by Crippen LogP contribution is -2.51. The molecule has 9 heteroatoms. The molecule has 1 fully saturated rings. The number of carbonyl (C=O) groups excluding carboxylic acids is 2. The van der Waals surface area contributed by atoms with Gasteiger partial charge in [-0.25, -0.2) is 8.78 Å². The maximum absolute atomic E-state index is 13.9. The minimum atomic E-state index is -1.48. The molecule has 1 aliphatic rings. The van der Waals surface area contributed by atoms with Crippen LogP contribution in [0.3, 0.4) is 0 Å². The number of hydrogen-bond acceptors (Lipinski definition) is 5. The predicted octanol–water partition coefficient (Wildman–Crippen LogP) is 4.56. The molecule has 1 saturated carbocycles. The topological polar surface area (TPSA) is 99.1 Å². The number of nitrogens with zero attached hydrogens (tertiary/aromatic N) is 1. The third-order valence-corrected chi connectivity index (χ3v) is 7.17. The van der Waals surface area contributed by atoms with Crippen LogP contribution in [0.2, 0.25) is 0 Å². The third-order valence-electron chi connectivity index (χ3n) is 7.17. The van der Waals surface area contributed by atoms with E-state index in [2.05, 4.69) is 5.32 Å². The van der Waals surface area contributed by atoms with Crippen molar-refractivity contribution >= 4 is 11.8 Å². The van der Waals surface area contributed by atoms with Crippen LogP contribution in [0.15, 0.2) is 36.4 Å². The van der Waals surface area contributed by atoms with Crippen LogP contribution in [0, 0.1) is 18.6 Å². The average molecular weight is 561 g/mol. The average Bonchev–Trinajstić information content (AvgIpc) is 3.43. The Morgan fingerprint density at radius 1 is 0.975 bits per heavy atom. The molecule has 0 heterocycles. The lowest BCUT2D eigenvalue weighted by Gasteiger charge is -2.29. The molecule has 3 atom stereocenters. The molecule has 1 unspecified atom stereocenters. The maximum atomic E-state index is 13.9. The van der Waals surface area contributed by atoms with E-state index in [1.165, 1.54) is 6.07 Å². The van der Waals surface area contributed by atoms with Crippen LogP contribution in [-0.2, 0) is 11.2 Å². The number of ether oxygens (including phenoxy) is 1. The second-order valence-corrected chi connectivity index (χ2v) is 10.7. The first kappa shape index (κ1) is 31.6. The lowest BCUT2D eigenvalue weighted by molar-refractivity contribution is -0.0687. The van der Waals surface area contributed by atoms with Gasteiger partial charge in [-0.2, -0.15) is 0 Å². The largest absolute Gasteiger partial charge is 0.388 e. The first-order chi connectivity index (χ1) is 19.1. The molecule has 40 heavy (non-hydrogen) atoms. The fraction of sp³-hybridized carbons (Fsp3) is 0.548. The number of hydrogen-bond donors (Lipinski definition) is 3. The summed E-state index contributed by atoms with van der Waals surface area (Å²) in [5, 5.41) is 24.5. The van der Waals surface area contributed by atoms with E-state index < -0.39 is 35.8 Å². The van der Waals surface area contributed by atoms with E-state index >= 15 is 0 Å². The molecule has 3 rings (SSSR count). The van der Waals surface area contributed by atoms with E-state index in [0.29, 0.717) is 24.2 Å². The van der Waals surface area contributed by atoms with Gasteiger partial charge in [0.1, 0.15) is 23.8 Å². The van der Waals surface area contributed by atoms with Gasteiger partial charge < -0.3 is 25.2 Å². The summed E-state index contributed by atoms with van der Waals surface area (Å²) in [6.07, 6.45) is 2.52. The Balaban J connectivity index is 1.82. The van der Waals surface area contributed by atoms with Crippen molar-refractivity contribution in [3.05, 3.63) is 70.3 Å². The van der Waals surface area contributed by atoms with Crippen LogP contribution >= 0.6 is 0 Å². The molecule has 0 aromatic heterocycles. The van der Waals surface area contributed by atoms with Crippen molar-refractivity contribution in [3.8, 4) is 0 Å². The summed E-state index contributed by atoms with van der Waals surface area (Å²) < 4.78 is 33.6. The fourth-order valence-corrected chi connectivity index (χ4v) is 5.22. The van der Waals surface area contributed by atoms with Crippen molar-refractivity contribution in [2.45, 2.75) is 90.1 Å². The van der Waals surface area contributed by atoms with Gasteiger partial charge in [-0.05, 0) is 80.5 Å². The van der Waals surface area contributed by atoms with Crippen molar-refractivity contribution in [3.63, 3.8) is 0 Å². The van der Waals surface area contributed by atoms with E-state index in [-0.39, 0.29) is 36.2 Å². The summed E-state index contributed by atoms with van der Waals surface area (Å²) in [5.41, 5.74) is 1.50. The highest BCUT2D eigenvalue weighted by Gasteiger charge is 2.30. The number of carbonyl (C=O) groups is 2. The normalized spacial score (nSPS) is 16.0. The quantitative estimate of drug-likeness (QED) is 0.315. The SMILES string of the molecule is CCCN(CCC)C(=O)c1cc(C)cc(C(=O)N[C@@H](Cc2cc(F)cc(F)c2)[C@@H](O)C(O)COC2CCCC2)c1. The smallest absolute Gasteiger partial charge is 0.253 e. The Hall–Kier alpha value is -2.88. The van der Waals surface area contributed by atoms with Crippen LogP contribution in [0.5, 0.6) is 0 Å². The Kier molecular flexibility index (Phi) is 12.0. The molecule has 2 amide bonds. The minimum absolute atomic E-state index is 0.00967. The van der Waals surface area contributed by atoms with Crippen molar-refractivity contribution in [1.29, 1.82) is 0 Å². The van der Waals surface area contributed by atoms with Gasteiger partial charge in [0.25, 0.3) is 11.8 Å². The summed E-state index contributed by atoms with van der Waals surface area (Å²) in [4.78, 5) is 28.4. The van der Waals surface area contributed by atoms with E-state index in [9.17, 15) is 28.6 Å². The third kappa shape index (κ3) is 9.08. The van der Waals surface area contributed by atoms with E-state index in [0.717, 1.165) is 56.7 Å². The van der Waals surface area contributed by atoms with Gasteiger partial charge >= 0.3 is 0 Å². The fourth-order valence-electron chi connectivity index (χ4n) is 5.22. The Bertz CT molecular complexity index is 1110. The van der Waals surface area contributed by atoms with Crippen molar-refractivity contribution in [2.24, 2.45) is 0 Å². The van der Waals surface area contributed by atoms with Crippen molar-refractivity contribution in [2.75, 3.05) is 19.7 Å². The summed E-state index contributed by atoms with van der Waals surface area (Å²) in [6, 6.07) is 6.75. The Morgan fingerprint density at radius 2 is 1.57 bits per heavy atom. The minimum Gasteiger partial charge on any atom is -0.388 e. The van der Waals surface area contributed by atoms with E-state index in [1.54, 1.807) is 24.0 Å². The zero-order valence-corrected chi connectivity index (χ0v) is 23.7. The van der Waals surface area contributed by atoms with Crippen LogP contribution in [0.25, 0.3) is 0 Å². The monoisotopic (exact) mass is 560 g/mol. The molecule has 0 aliphatic heterocycles. The number of aliphatic hydroxyl groups is 2. The molecule has 0 radical (unpaired) electrons. The van der Waals surface area contributed by atoms with Gasteiger partial charge in [-0.15, -0.1) is 0 Å². The van der Waals surface area contributed by atoms with Crippen molar-refractivity contribution < 1.29 is 33.3 Å². The molecule has 7 nitrogen and oxygen atoms in total. The molecule has 3 N–H and O–H groups in total. The standard InChI is InChI=1S/C31H42F2N2O5/c1-4-10-35(11-5-2)31(39)23-13-20(3)12-22(17-23)30(38)34-27(16-21-14-24(32)18-25(33)15-21)29(37)28(36)19-40-26-8-6-7-9-26/h12-15,17-18,26-29,36-37H,4-11,16,19H2,1-3H3,(H,34,38)/t27-,28?,29+/m0/s1. The Labute approximate surface area is 235 Å². The maximum Gasteiger partial charge on any atom is 0.253 e. The molecule has 220 valence electrons. The lowest BCUT2D eigenvalue weighted by atomic mass is 9.96. The summed E-state index contributed by atoms with van der Waals surface area (Å²) >= 11 is 0. The van der Waals surface area contributed by atoms with Gasteiger partial charge in [-0.1, -0.05) is 26.7 Å². The second kappa shape index (κ2) is 15.2. The highest BCUT2D eigenvalue weighted by Crippen LogP contribution is 2.22. The van der Waals surface area contributed by atoms with E-state index in [4.69, 9.17) is 4.74 Å². The van der Waals surface area contributed by atoms with Gasteiger partial charge in [0, 0.05) is 30.3 Å². The number of amides is 2. The first-order valence-corrected chi connectivity index (χ1v) is 14.3. The molecule has 0 saturated heterocycles. The predicted molar refractivity (Wildman–Crippen MR) is 149 cm³/mol. The van der Waals surface area contributed by atoms with Crippen LogP contribution in [-0.4, -0.2) is 71.0 Å². The van der Waals surface area contributed by atoms with Gasteiger partial charge in [0.05, 0.1) is 18.8 Å². The molecule has 2 aromatic carbocycles. The molecule has 2 aromatic rings. The number of rotatable bonds is 14. The molecular weight excluding hydrogens is 518 g/mol. The molecule has 0 bridgehead atoms. The zero-order valence-electron chi connectivity index (χ0n) is 23.7. The molecular formula is C31H42F2N2O5. The molecule has 1 aliphatic carbocycles. The van der Waals surface area contributed by atoms with Crippen LogP contribution < -0.4 is 5.32 Å². The van der Waals surface area contributed by atoms with Crippen LogP contribution in [0.4, 0.5) is 8.78 Å². The van der Waals surface area contributed by atoms with Crippen LogP contribution in [0.1, 0.15) is 84.2 Å². The van der Waals surface area contributed by atoms with Crippen molar-refractivity contribution in [1.82, 2.24) is 10.2 Å². The summed E-state index contributed by atoms with van der Waals surface area (Å²) in [5.74, 6) is -2.33. The zero-order chi connectivity index (χ0) is 29.2. The molecule has 0 spiro atoms. The highest BCUT2D eigenvalue weighted by atomic mass is 19.1. The van der Waals surface area contributed by atoms with Gasteiger partial charge in [0.15, 0.2) is 0 Å². The summed E-state index contributed by atoms with van der Waals surface area (Å²) in [7, 11) is 0. The van der Waals surface area contributed by atoms with E-state index in [1.807, 2.05) is 13.8 Å². The highest BCUT2D eigenvalue weighted by molar-refractivity contribution is 6.00. The number of halogens is 2.